The maximum atomic E-state index is 6.21. The molecule has 2 heterocycles. The monoisotopic (exact) mass is 400 g/mol. The van der Waals surface area contributed by atoms with Crippen molar-refractivity contribution in [1.82, 2.24) is 19.5 Å². The van der Waals surface area contributed by atoms with Crippen molar-refractivity contribution in [2.24, 2.45) is 11.1 Å². The highest BCUT2D eigenvalue weighted by Gasteiger charge is 2.18. The molecule has 3 aromatic rings. The van der Waals surface area contributed by atoms with Gasteiger partial charge in [0.15, 0.2) is 5.65 Å². The number of hydrogen-bond acceptors (Lipinski definition) is 5. The maximum Gasteiger partial charge on any atom is 0.209 e. The molecule has 0 bridgehead atoms. The Kier molecular flexibility index (Phi) is 5.91. The van der Waals surface area contributed by atoms with Crippen LogP contribution in [-0.2, 0) is 13.0 Å². The van der Waals surface area contributed by atoms with Gasteiger partial charge in [0.1, 0.15) is 11.3 Å². The van der Waals surface area contributed by atoms with Gasteiger partial charge >= 0.3 is 0 Å². The summed E-state index contributed by atoms with van der Waals surface area (Å²) in [7, 11) is 0. The molecule has 150 valence electrons. The van der Waals surface area contributed by atoms with E-state index in [4.69, 9.17) is 27.3 Å². The molecule has 1 aromatic carbocycles. The first kappa shape index (κ1) is 20.6. The Morgan fingerprint density at radius 1 is 1.21 bits per heavy atom. The Labute approximate surface area is 171 Å². The average Bonchev–Trinajstić information content (AvgIpc) is 2.86. The smallest absolute Gasteiger partial charge is 0.209 e. The summed E-state index contributed by atoms with van der Waals surface area (Å²) in [6.45, 7) is 11.3. The predicted molar refractivity (Wildman–Crippen MR) is 116 cm³/mol. The first-order valence-electron chi connectivity index (χ1n) is 9.63. The van der Waals surface area contributed by atoms with Crippen LogP contribution in [0, 0.1) is 12.3 Å². The van der Waals surface area contributed by atoms with Crippen molar-refractivity contribution in [1.29, 1.82) is 0 Å². The quantitative estimate of drug-likeness (QED) is 0.617. The number of hydrogen-bond donors (Lipinski definition) is 2. The number of fused-ring (bicyclic) bond motifs is 1. The number of aromatic nitrogens is 4. The van der Waals surface area contributed by atoms with Crippen LogP contribution in [0.3, 0.4) is 0 Å². The second-order valence-corrected chi connectivity index (χ2v) is 9.16. The van der Waals surface area contributed by atoms with E-state index in [1.807, 2.05) is 32.0 Å². The van der Waals surface area contributed by atoms with Gasteiger partial charge in [0.25, 0.3) is 0 Å². The summed E-state index contributed by atoms with van der Waals surface area (Å²) in [5.41, 5.74) is 9.69. The SMILES string of the molecule is Cc1cc(Cl)cc(Nc2nc3cnc(CC(C)(C)C)nc3n2CCC(C)N)c1. The Bertz CT molecular complexity index is 951. The first-order chi connectivity index (χ1) is 13.1. The molecular formula is C21H29ClN6. The van der Waals surface area contributed by atoms with Gasteiger partial charge in [-0.3, -0.25) is 4.57 Å². The first-order valence-corrected chi connectivity index (χ1v) is 10.0. The zero-order valence-corrected chi connectivity index (χ0v) is 18.0. The molecule has 0 radical (unpaired) electrons. The molecule has 7 heteroatoms. The molecule has 0 saturated heterocycles. The molecule has 0 spiro atoms. The van der Waals surface area contributed by atoms with Crippen LogP contribution in [0.2, 0.25) is 5.02 Å². The minimum atomic E-state index is 0.0922. The molecule has 1 atom stereocenters. The molecule has 6 nitrogen and oxygen atoms in total. The minimum Gasteiger partial charge on any atom is -0.328 e. The lowest BCUT2D eigenvalue weighted by atomic mass is 9.92. The van der Waals surface area contributed by atoms with Crippen molar-refractivity contribution in [2.45, 2.75) is 60.0 Å². The topological polar surface area (TPSA) is 81.7 Å². The molecule has 28 heavy (non-hydrogen) atoms. The lowest BCUT2D eigenvalue weighted by Crippen LogP contribution is -2.18. The zero-order chi connectivity index (χ0) is 20.5. The highest BCUT2D eigenvalue weighted by atomic mass is 35.5. The number of benzene rings is 1. The summed E-state index contributed by atoms with van der Waals surface area (Å²) in [5.74, 6) is 1.55. The minimum absolute atomic E-state index is 0.0922. The summed E-state index contributed by atoms with van der Waals surface area (Å²) >= 11 is 6.21. The largest absolute Gasteiger partial charge is 0.328 e. The molecule has 1 unspecified atom stereocenters. The van der Waals surface area contributed by atoms with Gasteiger partial charge in [-0.05, 0) is 49.4 Å². The van der Waals surface area contributed by atoms with Crippen LogP contribution in [0.4, 0.5) is 11.6 Å². The Hall–Kier alpha value is -2.18. The third-order valence-electron chi connectivity index (χ3n) is 4.33. The molecule has 0 amide bonds. The second kappa shape index (κ2) is 8.05. The number of rotatable bonds is 6. The van der Waals surface area contributed by atoms with Crippen molar-refractivity contribution < 1.29 is 0 Å². The molecule has 0 saturated carbocycles. The van der Waals surface area contributed by atoms with Gasteiger partial charge in [-0.15, -0.1) is 0 Å². The van der Waals surface area contributed by atoms with E-state index >= 15 is 0 Å². The highest BCUT2D eigenvalue weighted by molar-refractivity contribution is 6.30. The summed E-state index contributed by atoms with van der Waals surface area (Å²) < 4.78 is 2.09. The summed E-state index contributed by atoms with van der Waals surface area (Å²) in [4.78, 5) is 14.1. The fourth-order valence-corrected chi connectivity index (χ4v) is 3.38. The van der Waals surface area contributed by atoms with Crippen molar-refractivity contribution in [3.05, 3.63) is 40.8 Å². The van der Waals surface area contributed by atoms with Crippen LogP contribution in [0.25, 0.3) is 11.2 Å². The van der Waals surface area contributed by atoms with Crippen LogP contribution in [0.5, 0.6) is 0 Å². The van der Waals surface area contributed by atoms with E-state index in [0.717, 1.165) is 53.6 Å². The van der Waals surface area contributed by atoms with Crippen LogP contribution in [0.15, 0.2) is 24.4 Å². The van der Waals surface area contributed by atoms with Gasteiger partial charge < -0.3 is 11.1 Å². The fourth-order valence-electron chi connectivity index (χ4n) is 3.09. The van der Waals surface area contributed by atoms with Gasteiger partial charge in [0, 0.05) is 29.7 Å². The Morgan fingerprint density at radius 2 is 1.96 bits per heavy atom. The standard InChI is InChI=1S/C21H29ClN6/c1-13-8-15(22)10-16(9-13)25-20-26-17-12-24-18(11-21(3,4)5)27-19(17)28(20)7-6-14(2)23/h8-10,12,14H,6-7,11,23H2,1-5H3,(H,25,26). The lowest BCUT2D eigenvalue weighted by molar-refractivity contribution is 0.401. The predicted octanol–water partition coefficient (Wildman–Crippen LogP) is 4.86. The molecule has 0 aliphatic heterocycles. The number of nitrogens with two attached hydrogens (primary N) is 1. The van der Waals surface area contributed by atoms with E-state index in [2.05, 4.69) is 35.6 Å². The summed E-state index contributed by atoms with van der Waals surface area (Å²) in [6, 6.07) is 5.95. The number of nitrogens with zero attached hydrogens (tertiary/aromatic N) is 4. The van der Waals surface area contributed by atoms with Gasteiger partial charge in [-0.1, -0.05) is 32.4 Å². The number of aryl methyl sites for hydroxylation is 2. The van der Waals surface area contributed by atoms with Gasteiger partial charge in [0.2, 0.25) is 5.95 Å². The maximum absolute atomic E-state index is 6.21. The van der Waals surface area contributed by atoms with Crippen molar-refractivity contribution in [2.75, 3.05) is 5.32 Å². The van der Waals surface area contributed by atoms with E-state index in [1.165, 1.54) is 0 Å². The van der Waals surface area contributed by atoms with Crippen molar-refractivity contribution >= 4 is 34.4 Å². The normalized spacial score (nSPS) is 13.1. The molecule has 0 fully saturated rings. The molecule has 2 aromatic heterocycles. The Balaban J connectivity index is 2.03. The summed E-state index contributed by atoms with van der Waals surface area (Å²) in [6.07, 6.45) is 3.44. The molecular weight excluding hydrogens is 372 g/mol. The van der Waals surface area contributed by atoms with Crippen molar-refractivity contribution in [3.8, 4) is 0 Å². The third kappa shape index (κ3) is 5.20. The highest BCUT2D eigenvalue weighted by Crippen LogP contribution is 2.26. The fraction of sp³-hybridized carbons (Fsp3) is 0.476. The van der Waals surface area contributed by atoms with Gasteiger partial charge in [-0.2, -0.15) is 0 Å². The second-order valence-electron chi connectivity index (χ2n) is 8.73. The summed E-state index contributed by atoms with van der Waals surface area (Å²) in [5, 5.41) is 4.08. The average molecular weight is 401 g/mol. The number of nitrogens with one attached hydrogen (secondary N) is 1. The molecule has 0 aliphatic carbocycles. The van der Waals surface area contributed by atoms with E-state index in [9.17, 15) is 0 Å². The lowest BCUT2D eigenvalue weighted by Gasteiger charge is -2.16. The number of halogens is 1. The number of anilines is 2. The van der Waals surface area contributed by atoms with Crippen molar-refractivity contribution in [3.63, 3.8) is 0 Å². The molecule has 3 N–H and O–H groups in total. The van der Waals surface area contributed by atoms with Crippen LogP contribution in [0.1, 0.15) is 45.5 Å². The van der Waals surface area contributed by atoms with E-state index in [-0.39, 0.29) is 11.5 Å². The molecule has 3 rings (SSSR count). The Morgan fingerprint density at radius 3 is 2.61 bits per heavy atom. The van der Waals surface area contributed by atoms with Gasteiger partial charge in [0.05, 0.1) is 6.20 Å². The zero-order valence-electron chi connectivity index (χ0n) is 17.3. The third-order valence-corrected chi connectivity index (χ3v) is 4.55. The van der Waals surface area contributed by atoms with Gasteiger partial charge in [-0.25, -0.2) is 15.0 Å². The van der Waals surface area contributed by atoms with Crippen LogP contribution < -0.4 is 11.1 Å². The van der Waals surface area contributed by atoms with E-state index < -0.39 is 0 Å². The van der Waals surface area contributed by atoms with E-state index in [1.54, 1.807) is 6.20 Å². The number of imidazole rings is 1. The van der Waals surface area contributed by atoms with E-state index in [0.29, 0.717) is 5.02 Å². The van der Waals surface area contributed by atoms with Crippen LogP contribution in [-0.4, -0.2) is 25.6 Å². The van der Waals surface area contributed by atoms with Crippen LogP contribution >= 0.6 is 11.6 Å². The molecule has 0 aliphatic rings.